The molecular weight excluding hydrogens is 435 g/mol. The summed E-state index contributed by atoms with van der Waals surface area (Å²) in [6.07, 6.45) is -1.19. The van der Waals surface area contributed by atoms with Crippen molar-refractivity contribution in [2.45, 2.75) is 13.0 Å². The molecule has 0 bridgehead atoms. The molecule has 0 heterocycles. The Morgan fingerprint density at radius 3 is 2.46 bits per heavy atom. The number of carbonyl (C=O) groups excluding carboxylic acids is 2. The first-order chi connectivity index (χ1) is 13.2. The second-order valence-electron chi connectivity index (χ2n) is 5.38. The van der Waals surface area contributed by atoms with Gasteiger partial charge in [-0.3, -0.25) is 14.9 Å². The van der Waals surface area contributed by atoms with Gasteiger partial charge >= 0.3 is 11.7 Å². The van der Waals surface area contributed by atoms with Crippen molar-refractivity contribution in [2.75, 3.05) is 11.9 Å². The fourth-order valence-electron chi connectivity index (χ4n) is 2.00. The van der Waals surface area contributed by atoms with Crippen LogP contribution < -0.4 is 10.1 Å². The third-order valence-electron chi connectivity index (χ3n) is 3.35. The molecule has 2 aromatic carbocycles. The van der Waals surface area contributed by atoms with E-state index in [-0.39, 0.29) is 32.2 Å². The van der Waals surface area contributed by atoms with Crippen LogP contribution >= 0.6 is 34.8 Å². The summed E-state index contributed by atoms with van der Waals surface area (Å²) in [7, 11) is 0. The molecule has 0 unspecified atom stereocenters. The minimum Gasteiger partial charge on any atom is -0.475 e. The number of benzene rings is 2. The van der Waals surface area contributed by atoms with Gasteiger partial charge in [-0.05, 0) is 25.1 Å². The Morgan fingerprint density at radius 2 is 1.79 bits per heavy atom. The number of nitro groups is 1. The predicted octanol–water partition coefficient (Wildman–Crippen LogP) is 4.50. The second-order valence-corrected chi connectivity index (χ2v) is 6.60. The first kappa shape index (κ1) is 21.7. The van der Waals surface area contributed by atoms with Gasteiger partial charge < -0.3 is 14.8 Å². The summed E-state index contributed by atoms with van der Waals surface area (Å²) in [6, 6.07) is 8.27. The molecular formula is C17H13Cl3N2O6. The van der Waals surface area contributed by atoms with Crippen LogP contribution in [0.1, 0.15) is 6.92 Å². The van der Waals surface area contributed by atoms with E-state index in [1.165, 1.54) is 43.3 Å². The number of hydrogen-bond acceptors (Lipinski definition) is 6. The lowest BCUT2D eigenvalue weighted by molar-refractivity contribution is -0.385. The average molecular weight is 448 g/mol. The number of nitrogens with one attached hydrogen (secondary N) is 1. The van der Waals surface area contributed by atoms with Gasteiger partial charge in [-0.2, -0.15) is 0 Å². The van der Waals surface area contributed by atoms with Gasteiger partial charge in [-0.25, -0.2) is 4.79 Å². The van der Waals surface area contributed by atoms with Gasteiger partial charge in [0, 0.05) is 6.07 Å². The number of para-hydroxylation sites is 2. The van der Waals surface area contributed by atoms with Crippen molar-refractivity contribution in [3.8, 4) is 5.75 Å². The summed E-state index contributed by atoms with van der Waals surface area (Å²) >= 11 is 17.7. The van der Waals surface area contributed by atoms with Gasteiger partial charge in [-0.15, -0.1) is 0 Å². The first-order valence-electron chi connectivity index (χ1n) is 7.70. The zero-order valence-corrected chi connectivity index (χ0v) is 16.5. The first-order valence-corrected chi connectivity index (χ1v) is 8.83. The van der Waals surface area contributed by atoms with E-state index in [1.54, 1.807) is 0 Å². The highest BCUT2D eigenvalue weighted by Gasteiger charge is 2.21. The monoisotopic (exact) mass is 446 g/mol. The molecule has 0 aliphatic heterocycles. The fraction of sp³-hybridized carbons (Fsp3) is 0.176. The van der Waals surface area contributed by atoms with E-state index < -0.39 is 29.5 Å². The van der Waals surface area contributed by atoms with Gasteiger partial charge in [0.15, 0.2) is 18.5 Å². The minimum atomic E-state index is -1.19. The second kappa shape index (κ2) is 9.59. The molecule has 2 rings (SSSR count). The zero-order valence-electron chi connectivity index (χ0n) is 14.3. The molecule has 11 heteroatoms. The molecule has 0 aliphatic rings. The SMILES string of the molecule is C[C@H](OC(=O)COc1ccccc1[N+](=O)[O-])C(=O)Nc1cc(Cl)c(Cl)cc1Cl. The van der Waals surface area contributed by atoms with Crippen molar-refractivity contribution in [1.29, 1.82) is 0 Å². The van der Waals surface area contributed by atoms with Crippen LogP contribution in [0.4, 0.5) is 11.4 Å². The van der Waals surface area contributed by atoms with E-state index in [2.05, 4.69) is 5.32 Å². The van der Waals surface area contributed by atoms with Gasteiger partial charge in [0.1, 0.15) is 0 Å². The Morgan fingerprint density at radius 1 is 1.14 bits per heavy atom. The molecule has 0 aliphatic carbocycles. The summed E-state index contributed by atoms with van der Waals surface area (Å²) in [5.41, 5.74) is -0.101. The Kier molecular flexibility index (Phi) is 7.45. The van der Waals surface area contributed by atoms with Crippen molar-refractivity contribution < 1.29 is 24.0 Å². The molecule has 148 valence electrons. The van der Waals surface area contributed by atoms with E-state index >= 15 is 0 Å². The Labute approximate surface area is 174 Å². The van der Waals surface area contributed by atoms with E-state index in [1.807, 2.05) is 0 Å². The van der Waals surface area contributed by atoms with Crippen molar-refractivity contribution >= 4 is 58.1 Å². The molecule has 1 amide bonds. The minimum absolute atomic E-state index is 0.0934. The highest BCUT2D eigenvalue weighted by Crippen LogP contribution is 2.32. The van der Waals surface area contributed by atoms with Gasteiger partial charge in [0.2, 0.25) is 0 Å². The lowest BCUT2D eigenvalue weighted by atomic mass is 10.3. The molecule has 1 N–H and O–H groups in total. The molecule has 0 saturated heterocycles. The van der Waals surface area contributed by atoms with Crippen LogP contribution in [0.15, 0.2) is 36.4 Å². The Bertz CT molecular complexity index is 922. The maximum atomic E-state index is 12.2. The van der Waals surface area contributed by atoms with E-state index in [9.17, 15) is 19.7 Å². The van der Waals surface area contributed by atoms with Crippen LogP contribution in [0, 0.1) is 10.1 Å². The molecule has 8 nitrogen and oxygen atoms in total. The number of carbonyl (C=O) groups is 2. The molecule has 0 saturated carbocycles. The lowest BCUT2D eigenvalue weighted by Gasteiger charge is -2.15. The average Bonchev–Trinajstić information content (AvgIpc) is 2.64. The number of rotatable bonds is 7. The number of nitro benzene ring substituents is 1. The molecule has 0 aromatic heterocycles. The highest BCUT2D eigenvalue weighted by molar-refractivity contribution is 6.44. The lowest BCUT2D eigenvalue weighted by Crippen LogP contribution is -2.31. The normalized spacial score (nSPS) is 11.4. The standard InChI is InChI=1S/C17H13Cl3N2O6/c1-9(17(24)21-13-7-11(19)10(18)6-12(13)20)28-16(23)8-27-15-5-3-2-4-14(15)22(25)26/h2-7,9H,8H2,1H3,(H,21,24)/t9-/m0/s1. The molecule has 1 atom stereocenters. The number of anilines is 1. The van der Waals surface area contributed by atoms with Crippen LogP contribution in [-0.2, 0) is 14.3 Å². The van der Waals surface area contributed by atoms with Crippen molar-refractivity contribution in [3.05, 3.63) is 61.6 Å². The number of ether oxygens (including phenoxy) is 2. The highest BCUT2D eigenvalue weighted by atomic mass is 35.5. The molecule has 2 aromatic rings. The smallest absolute Gasteiger partial charge is 0.344 e. The Hall–Kier alpha value is -2.55. The summed E-state index contributed by atoms with van der Waals surface area (Å²) in [4.78, 5) is 34.3. The largest absolute Gasteiger partial charge is 0.475 e. The quantitative estimate of drug-likeness (QED) is 0.290. The van der Waals surface area contributed by atoms with Crippen LogP contribution in [0.2, 0.25) is 15.1 Å². The van der Waals surface area contributed by atoms with Crippen LogP contribution in [0.25, 0.3) is 0 Å². The fourth-order valence-corrected chi connectivity index (χ4v) is 2.60. The van der Waals surface area contributed by atoms with Gasteiger partial charge in [0.25, 0.3) is 5.91 Å². The molecule has 28 heavy (non-hydrogen) atoms. The number of nitrogens with zero attached hydrogens (tertiary/aromatic N) is 1. The van der Waals surface area contributed by atoms with Crippen LogP contribution in [0.5, 0.6) is 5.75 Å². The maximum Gasteiger partial charge on any atom is 0.344 e. The summed E-state index contributed by atoms with van der Waals surface area (Å²) < 4.78 is 10.1. The van der Waals surface area contributed by atoms with Crippen molar-refractivity contribution in [2.24, 2.45) is 0 Å². The molecule has 0 spiro atoms. The summed E-state index contributed by atoms with van der Waals surface area (Å²) in [6.45, 7) is 0.722. The van der Waals surface area contributed by atoms with Crippen molar-refractivity contribution in [3.63, 3.8) is 0 Å². The van der Waals surface area contributed by atoms with Crippen LogP contribution in [0.3, 0.4) is 0 Å². The Balaban J connectivity index is 1.93. The number of amides is 1. The zero-order chi connectivity index (χ0) is 20.8. The van der Waals surface area contributed by atoms with Crippen LogP contribution in [-0.4, -0.2) is 29.5 Å². The van der Waals surface area contributed by atoms with Gasteiger partial charge in [0.05, 0.1) is 25.7 Å². The summed E-state index contributed by atoms with van der Waals surface area (Å²) in [5, 5.41) is 13.9. The van der Waals surface area contributed by atoms with E-state index in [4.69, 9.17) is 44.3 Å². The third-order valence-corrected chi connectivity index (χ3v) is 4.39. The van der Waals surface area contributed by atoms with Gasteiger partial charge in [-0.1, -0.05) is 46.9 Å². The molecule has 0 radical (unpaired) electrons. The van der Waals surface area contributed by atoms with E-state index in [0.717, 1.165) is 0 Å². The topological polar surface area (TPSA) is 108 Å². The number of hydrogen-bond donors (Lipinski definition) is 1. The summed E-state index contributed by atoms with van der Waals surface area (Å²) in [5.74, 6) is -1.65. The number of esters is 1. The predicted molar refractivity (Wildman–Crippen MR) is 104 cm³/mol. The third kappa shape index (κ3) is 5.72. The molecule has 0 fully saturated rings. The maximum absolute atomic E-state index is 12.2. The number of halogens is 3. The van der Waals surface area contributed by atoms with Crippen molar-refractivity contribution in [1.82, 2.24) is 0 Å². The van der Waals surface area contributed by atoms with E-state index in [0.29, 0.717) is 0 Å².